The summed E-state index contributed by atoms with van der Waals surface area (Å²) in [6.07, 6.45) is 1.93. The largest absolute Gasteiger partial charge is 0.492 e. The standard InChI is InChI=1S/C14H19NO3/c1-3-18-12-7-5-4-6-11(12)15-14(2,13(16)17)10-8-9-10/h4-7,10,15H,3,8-9H2,1-2H3,(H,16,17). The Labute approximate surface area is 107 Å². The molecule has 0 amide bonds. The van der Waals surface area contributed by atoms with Crippen molar-refractivity contribution in [2.75, 3.05) is 11.9 Å². The predicted octanol–water partition coefficient (Wildman–Crippen LogP) is 2.75. The van der Waals surface area contributed by atoms with Gasteiger partial charge in [0.25, 0.3) is 0 Å². The number of hydrogen-bond donors (Lipinski definition) is 2. The summed E-state index contributed by atoms with van der Waals surface area (Å²) in [6.45, 7) is 4.22. The van der Waals surface area contributed by atoms with Crippen LogP contribution in [0.4, 0.5) is 5.69 Å². The molecule has 1 aliphatic carbocycles. The zero-order valence-electron chi connectivity index (χ0n) is 10.8. The van der Waals surface area contributed by atoms with Crippen LogP contribution in [0.2, 0.25) is 0 Å². The third-order valence-electron chi connectivity index (χ3n) is 3.42. The molecule has 1 fully saturated rings. The van der Waals surface area contributed by atoms with Gasteiger partial charge in [0, 0.05) is 0 Å². The molecule has 0 radical (unpaired) electrons. The molecule has 1 aromatic carbocycles. The molecule has 0 heterocycles. The Morgan fingerprint density at radius 2 is 2.17 bits per heavy atom. The summed E-state index contributed by atoms with van der Waals surface area (Å²) < 4.78 is 5.51. The summed E-state index contributed by atoms with van der Waals surface area (Å²) in [6, 6.07) is 7.46. The van der Waals surface area contributed by atoms with E-state index in [1.807, 2.05) is 31.2 Å². The van der Waals surface area contributed by atoms with E-state index in [4.69, 9.17) is 4.74 Å². The molecule has 4 heteroatoms. The van der Waals surface area contributed by atoms with Crippen LogP contribution in [0.25, 0.3) is 0 Å². The van der Waals surface area contributed by atoms with Crippen molar-refractivity contribution in [2.45, 2.75) is 32.2 Å². The van der Waals surface area contributed by atoms with Crippen LogP contribution in [0, 0.1) is 5.92 Å². The number of rotatable bonds is 6. The molecule has 0 spiro atoms. The maximum absolute atomic E-state index is 11.5. The number of ether oxygens (including phenoxy) is 1. The van der Waals surface area contributed by atoms with E-state index >= 15 is 0 Å². The fraction of sp³-hybridized carbons (Fsp3) is 0.500. The first-order chi connectivity index (χ1) is 8.58. The average molecular weight is 249 g/mol. The number of carboxylic acids is 1. The number of nitrogens with one attached hydrogen (secondary N) is 1. The Balaban J connectivity index is 2.24. The highest BCUT2D eigenvalue weighted by Crippen LogP contribution is 2.42. The van der Waals surface area contributed by atoms with E-state index in [1.54, 1.807) is 6.92 Å². The summed E-state index contributed by atoms with van der Waals surface area (Å²) in [7, 11) is 0. The second kappa shape index (κ2) is 4.88. The minimum Gasteiger partial charge on any atom is -0.492 e. The van der Waals surface area contributed by atoms with Crippen LogP contribution >= 0.6 is 0 Å². The van der Waals surface area contributed by atoms with E-state index < -0.39 is 11.5 Å². The number of aliphatic carboxylic acids is 1. The highest BCUT2D eigenvalue weighted by atomic mass is 16.5. The van der Waals surface area contributed by atoms with Gasteiger partial charge in [-0.05, 0) is 44.7 Å². The lowest BCUT2D eigenvalue weighted by Crippen LogP contribution is -2.45. The van der Waals surface area contributed by atoms with Crippen LogP contribution in [0.15, 0.2) is 24.3 Å². The van der Waals surface area contributed by atoms with Crippen LogP contribution in [-0.4, -0.2) is 23.2 Å². The Morgan fingerprint density at radius 3 is 2.72 bits per heavy atom. The van der Waals surface area contributed by atoms with Gasteiger partial charge in [-0.15, -0.1) is 0 Å². The van der Waals surface area contributed by atoms with Gasteiger partial charge in [0.1, 0.15) is 11.3 Å². The average Bonchev–Trinajstić information content (AvgIpc) is 3.16. The van der Waals surface area contributed by atoms with Crippen LogP contribution < -0.4 is 10.1 Å². The molecule has 0 aromatic heterocycles. The van der Waals surface area contributed by atoms with Gasteiger partial charge in [-0.25, -0.2) is 4.79 Å². The molecule has 2 N–H and O–H groups in total. The number of benzene rings is 1. The molecule has 1 saturated carbocycles. The molecule has 2 rings (SSSR count). The Kier molecular flexibility index (Phi) is 3.45. The topological polar surface area (TPSA) is 58.6 Å². The van der Waals surface area contributed by atoms with Crippen molar-refractivity contribution in [3.63, 3.8) is 0 Å². The lowest BCUT2D eigenvalue weighted by atomic mass is 9.95. The van der Waals surface area contributed by atoms with Gasteiger partial charge in [0.2, 0.25) is 0 Å². The lowest BCUT2D eigenvalue weighted by molar-refractivity contribution is -0.142. The Hall–Kier alpha value is -1.71. The SMILES string of the molecule is CCOc1ccccc1NC(C)(C(=O)O)C1CC1. The molecule has 0 saturated heterocycles. The van der Waals surface area contributed by atoms with E-state index in [-0.39, 0.29) is 5.92 Å². The van der Waals surface area contributed by atoms with E-state index in [2.05, 4.69) is 5.32 Å². The zero-order chi connectivity index (χ0) is 13.2. The van der Waals surface area contributed by atoms with Crippen molar-refractivity contribution < 1.29 is 14.6 Å². The van der Waals surface area contributed by atoms with Gasteiger partial charge in [-0.3, -0.25) is 0 Å². The smallest absolute Gasteiger partial charge is 0.329 e. The molecule has 1 atom stereocenters. The molecular formula is C14H19NO3. The van der Waals surface area contributed by atoms with Gasteiger partial charge in [0.05, 0.1) is 12.3 Å². The van der Waals surface area contributed by atoms with E-state index in [1.165, 1.54) is 0 Å². The van der Waals surface area contributed by atoms with E-state index in [0.717, 1.165) is 18.5 Å². The number of para-hydroxylation sites is 2. The summed E-state index contributed by atoms with van der Waals surface area (Å²) in [5.74, 6) is 0.0918. The number of carboxylic acid groups (broad SMARTS) is 1. The van der Waals surface area contributed by atoms with Crippen LogP contribution in [0.3, 0.4) is 0 Å². The summed E-state index contributed by atoms with van der Waals surface area (Å²) in [5, 5.41) is 12.6. The monoisotopic (exact) mass is 249 g/mol. The molecule has 1 unspecified atom stereocenters. The molecule has 1 aromatic rings. The van der Waals surface area contributed by atoms with Crippen molar-refractivity contribution >= 4 is 11.7 Å². The Morgan fingerprint density at radius 1 is 1.50 bits per heavy atom. The van der Waals surface area contributed by atoms with Crippen LogP contribution in [0.1, 0.15) is 26.7 Å². The van der Waals surface area contributed by atoms with Gasteiger partial charge in [0.15, 0.2) is 0 Å². The summed E-state index contributed by atoms with van der Waals surface area (Å²) in [4.78, 5) is 11.5. The quantitative estimate of drug-likeness (QED) is 0.814. The first-order valence-electron chi connectivity index (χ1n) is 6.31. The summed E-state index contributed by atoms with van der Waals surface area (Å²) >= 11 is 0. The lowest BCUT2D eigenvalue weighted by Gasteiger charge is -2.28. The van der Waals surface area contributed by atoms with Gasteiger partial charge in [-0.1, -0.05) is 12.1 Å². The fourth-order valence-electron chi connectivity index (χ4n) is 2.12. The maximum atomic E-state index is 11.5. The van der Waals surface area contributed by atoms with Crippen molar-refractivity contribution in [3.8, 4) is 5.75 Å². The van der Waals surface area contributed by atoms with Crippen LogP contribution in [0.5, 0.6) is 5.75 Å². The molecule has 0 bridgehead atoms. The molecule has 4 nitrogen and oxygen atoms in total. The highest BCUT2D eigenvalue weighted by Gasteiger charge is 2.47. The minimum absolute atomic E-state index is 0.199. The number of anilines is 1. The van der Waals surface area contributed by atoms with Crippen molar-refractivity contribution in [1.29, 1.82) is 0 Å². The predicted molar refractivity (Wildman–Crippen MR) is 70.0 cm³/mol. The van der Waals surface area contributed by atoms with Gasteiger partial charge >= 0.3 is 5.97 Å². The highest BCUT2D eigenvalue weighted by molar-refractivity contribution is 5.84. The Bertz CT molecular complexity index is 442. The third kappa shape index (κ3) is 2.42. The van der Waals surface area contributed by atoms with Gasteiger partial charge < -0.3 is 15.2 Å². The molecule has 0 aliphatic heterocycles. The fourth-order valence-corrected chi connectivity index (χ4v) is 2.12. The van der Waals surface area contributed by atoms with E-state index in [0.29, 0.717) is 12.4 Å². The first kappa shape index (κ1) is 12.7. The molecule has 1 aliphatic rings. The van der Waals surface area contributed by atoms with Crippen LogP contribution in [-0.2, 0) is 4.79 Å². The molecular weight excluding hydrogens is 230 g/mol. The van der Waals surface area contributed by atoms with Crippen molar-refractivity contribution in [1.82, 2.24) is 0 Å². The van der Waals surface area contributed by atoms with Crippen molar-refractivity contribution in [3.05, 3.63) is 24.3 Å². The second-order valence-electron chi connectivity index (χ2n) is 4.84. The summed E-state index contributed by atoms with van der Waals surface area (Å²) in [5.41, 5.74) is -0.163. The molecule has 18 heavy (non-hydrogen) atoms. The minimum atomic E-state index is -0.910. The maximum Gasteiger partial charge on any atom is 0.329 e. The number of carbonyl (C=O) groups is 1. The second-order valence-corrected chi connectivity index (χ2v) is 4.84. The molecule has 98 valence electrons. The zero-order valence-corrected chi connectivity index (χ0v) is 10.8. The number of hydrogen-bond acceptors (Lipinski definition) is 3. The first-order valence-corrected chi connectivity index (χ1v) is 6.31. The van der Waals surface area contributed by atoms with Crippen molar-refractivity contribution in [2.24, 2.45) is 5.92 Å². The third-order valence-corrected chi connectivity index (χ3v) is 3.42. The van der Waals surface area contributed by atoms with E-state index in [9.17, 15) is 9.90 Å². The van der Waals surface area contributed by atoms with Gasteiger partial charge in [-0.2, -0.15) is 0 Å². The normalized spacial score (nSPS) is 17.9.